The lowest BCUT2D eigenvalue weighted by Crippen LogP contribution is -2.43. The van der Waals surface area contributed by atoms with Gasteiger partial charge in [0.2, 0.25) is 0 Å². The zero-order valence-corrected chi connectivity index (χ0v) is 19.2. The van der Waals surface area contributed by atoms with Gasteiger partial charge in [0.1, 0.15) is 5.82 Å². The Labute approximate surface area is 193 Å². The molecule has 1 fully saturated rings. The highest BCUT2D eigenvalue weighted by molar-refractivity contribution is 6.05. The Morgan fingerprint density at radius 3 is 2.58 bits per heavy atom. The third-order valence-corrected chi connectivity index (χ3v) is 6.55. The van der Waals surface area contributed by atoms with Crippen molar-refractivity contribution in [3.63, 3.8) is 0 Å². The topological polar surface area (TPSA) is 66.4 Å². The van der Waals surface area contributed by atoms with Gasteiger partial charge in [-0.1, -0.05) is 30.3 Å². The zero-order valence-electron chi connectivity index (χ0n) is 19.2. The Kier molecular flexibility index (Phi) is 7.20. The number of halogens is 1. The van der Waals surface area contributed by atoms with E-state index in [1.165, 1.54) is 6.07 Å². The molecule has 2 heterocycles. The van der Waals surface area contributed by atoms with Crippen LogP contribution in [0.2, 0.25) is 0 Å². The summed E-state index contributed by atoms with van der Waals surface area (Å²) in [7, 11) is 1.57. The SMILES string of the molecule is CNC(=O)c1cc(=O)n(CCN2CCC(NCc3ccc(C)c(F)c3)CC2)c2ccccc12. The van der Waals surface area contributed by atoms with Crippen LogP contribution in [-0.2, 0) is 13.1 Å². The molecule has 0 bridgehead atoms. The third kappa shape index (κ3) is 5.31. The normalized spacial score (nSPS) is 15.1. The van der Waals surface area contributed by atoms with Gasteiger partial charge in [0, 0.05) is 44.2 Å². The van der Waals surface area contributed by atoms with Gasteiger partial charge in [-0.3, -0.25) is 9.59 Å². The Balaban J connectivity index is 1.34. The zero-order chi connectivity index (χ0) is 23.4. The maximum Gasteiger partial charge on any atom is 0.251 e. The van der Waals surface area contributed by atoms with Crippen molar-refractivity contribution in [1.82, 2.24) is 20.1 Å². The van der Waals surface area contributed by atoms with Gasteiger partial charge in [-0.2, -0.15) is 0 Å². The minimum atomic E-state index is -0.251. The molecule has 0 saturated carbocycles. The lowest BCUT2D eigenvalue weighted by Gasteiger charge is -2.32. The van der Waals surface area contributed by atoms with E-state index in [0.29, 0.717) is 30.3 Å². The average Bonchev–Trinajstić information content (AvgIpc) is 2.84. The first-order valence-electron chi connectivity index (χ1n) is 11.5. The van der Waals surface area contributed by atoms with Gasteiger partial charge in [0.05, 0.1) is 11.1 Å². The van der Waals surface area contributed by atoms with Crippen LogP contribution >= 0.6 is 0 Å². The molecule has 0 unspecified atom stereocenters. The summed E-state index contributed by atoms with van der Waals surface area (Å²) in [6.45, 7) is 5.69. The fourth-order valence-electron chi connectivity index (χ4n) is 4.50. The predicted octanol–water partition coefficient (Wildman–Crippen LogP) is 3.06. The molecule has 0 radical (unpaired) electrons. The number of rotatable bonds is 7. The molecule has 1 aromatic heterocycles. The van der Waals surface area contributed by atoms with E-state index in [1.54, 1.807) is 24.6 Å². The first kappa shape index (κ1) is 23.1. The molecule has 6 nitrogen and oxygen atoms in total. The quantitative estimate of drug-likeness (QED) is 0.581. The molecule has 2 aromatic carbocycles. The second-order valence-corrected chi connectivity index (χ2v) is 8.72. The number of nitrogens with one attached hydrogen (secondary N) is 2. The molecule has 1 aliphatic heterocycles. The summed E-state index contributed by atoms with van der Waals surface area (Å²) in [4.78, 5) is 27.4. The smallest absolute Gasteiger partial charge is 0.251 e. The predicted molar refractivity (Wildman–Crippen MR) is 129 cm³/mol. The molecule has 2 N–H and O–H groups in total. The number of amides is 1. The Morgan fingerprint density at radius 1 is 1.09 bits per heavy atom. The maximum absolute atomic E-state index is 13.7. The number of aromatic nitrogens is 1. The summed E-state index contributed by atoms with van der Waals surface area (Å²) >= 11 is 0. The highest BCUT2D eigenvalue weighted by Crippen LogP contribution is 2.18. The lowest BCUT2D eigenvalue weighted by molar-refractivity contribution is 0.0964. The van der Waals surface area contributed by atoms with Crippen LogP contribution in [0.15, 0.2) is 53.3 Å². The van der Waals surface area contributed by atoms with Gasteiger partial charge in [-0.05, 0) is 56.1 Å². The molecular weight excluding hydrogens is 419 g/mol. The second kappa shape index (κ2) is 10.3. The first-order chi connectivity index (χ1) is 16.0. The average molecular weight is 451 g/mol. The summed E-state index contributed by atoms with van der Waals surface area (Å²) < 4.78 is 15.5. The van der Waals surface area contributed by atoms with Crippen LogP contribution in [0.1, 0.15) is 34.3 Å². The number of para-hydroxylation sites is 1. The van der Waals surface area contributed by atoms with Crippen LogP contribution in [0, 0.1) is 12.7 Å². The van der Waals surface area contributed by atoms with Crippen molar-refractivity contribution in [2.75, 3.05) is 26.7 Å². The molecule has 4 rings (SSSR count). The molecule has 7 heteroatoms. The van der Waals surface area contributed by atoms with Crippen molar-refractivity contribution in [3.8, 4) is 0 Å². The van der Waals surface area contributed by atoms with Crippen LogP contribution < -0.4 is 16.2 Å². The number of fused-ring (bicyclic) bond motifs is 1. The van der Waals surface area contributed by atoms with Crippen molar-refractivity contribution in [1.29, 1.82) is 0 Å². The van der Waals surface area contributed by atoms with Gasteiger partial charge in [0.25, 0.3) is 11.5 Å². The standard InChI is InChI=1S/C26H31FN4O2/c1-18-7-8-19(15-23(18)27)17-29-20-9-11-30(12-10-20)13-14-31-24-6-4-3-5-21(24)22(16-25(31)32)26(33)28-2/h3-8,15-16,20,29H,9-14,17H2,1-2H3,(H,28,33). The van der Waals surface area contributed by atoms with E-state index in [4.69, 9.17) is 0 Å². The molecule has 0 spiro atoms. The number of aryl methyl sites for hydroxylation is 1. The fraction of sp³-hybridized carbons (Fsp3) is 0.385. The van der Waals surface area contributed by atoms with E-state index < -0.39 is 0 Å². The third-order valence-electron chi connectivity index (χ3n) is 6.55. The number of carbonyl (C=O) groups excluding carboxylic acids is 1. The molecule has 33 heavy (non-hydrogen) atoms. The van der Waals surface area contributed by atoms with Crippen LogP contribution in [0.5, 0.6) is 0 Å². The number of hydrogen-bond acceptors (Lipinski definition) is 4. The number of likely N-dealkylation sites (tertiary alicyclic amines) is 1. The van der Waals surface area contributed by atoms with E-state index in [9.17, 15) is 14.0 Å². The maximum atomic E-state index is 13.7. The molecule has 3 aromatic rings. The Bertz CT molecular complexity index is 1200. The number of hydrogen-bond donors (Lipinski definition) is 2. The molecule has 1 saturated heterocycles. The Morgan fingerprint density at radius 2 is 1.85 bits per heavy atom. The van der Waals surface area contributed by atoms with Crippen molar-refractivity contribution >= 4 is 16.8 Å². The van der Waals surface area contributed by atoms with E-state index in [1.807, 2.05) is 36.4 Å². The van der Waals surface area contributed by atoms with Crippen molar-refractivity contribution in [3.05, 3.63) is 81.4 Å². The Hall–Kier alpha value is -3.03. The van der Waals surface area contributed by atoms with Crippen LogP contribution in [0.3, 0.4) is 0 Å². The molecule has 0 aliphatic carbocycles. The molecule has 174 valence electrons. The second-order valence-electron chi connectivity index (χ2n) is 8.72. The van der Waals surface area contributed by atoms with Crippen LogP contribution in [0.4, 0.5) is 4.39 Å². The summed E-state index contributed by atoms with van der Waals surface area (Å²) in [6, 6.07) is 14.8. The van der Waals surface area contributed by atoms with E-state index in [-0.39, 0.29) is 17.3 Å². The summed E-state index contributed by atoms with van der Waals surface area (Å²) in [5.41, 5.74) is 2.67. The number of carbonyl (C=O) groups is 1. The van der Waals surface area contributed by atoms with Crippen LogP contribution in [0.25, 0.3) is 10.9 Å². The van der Waals surface area contributed by atoms with E-state index in [2.05, 4.69) is 15.5 Å². The van der Waals surface area contributed by atoms with Crippen molar-refractivity contribution < 1.29 is 9.18 Å². The van der Waals surface area contributed by atoms with Gasteiger partial charge in [-0.15, -0.1) is 0 Å². The number of nitrogens with zero attached hydrogens (tertiary/aromatic N) is 2. The fourth-order valence-corrected chi connectivity index (χ4v) is 4.50. The molecule has 1 amide bonds. The van der Waals surface area contributed by atoms with Crippen LogP contribution in [-0.4, -0.2) is 48.1 Å². The van der Waals surface area contributed by atoms with Crippen molar-refractivity contribution in [2.45, 2.75) is 38.9 Å². The highest BCUT2D eigenvalue weighted by Gasteiger charge is 2.20. The van der Waals surface area contributed by atoms with Gasteiger partial charge >= 0.3 is 0 Å². The monoisotopic (exact) mass is 450 g/mol. The van der Waals surface area contributed by atoms with E-state index in [0.717, 1.165) is 48.9 Å². The van der Waals surface area contributed by atoms with Gasteiger partial charge in [-0.25, -0.2) is 4.39 Å². The first-order valence-corrected chi connectivity index (χ1v) is 11.5. The van der Waals surface area contributed by atoms with E-state index >= 15 is 0 Å². The minimum absolute atomic E-state index is 0.157. The van der Waals surface area contributed by atoms with Gasteiger partial charge in [0.15, 0.2) is 0 Å². The molecular formula is C26H31FN4O2. The number of piperidine rings is 1. The van der Waals surface area contributed by atoms with Gasteiger partial charge < -0.3 is 20.1 Å². The molecule has 1 aliphatic rings. The lowest BCUT2D eigenvalue weighted by atomic mass is 10.0. The molecule has 0 atom stereocenters. The summed E-state index contributed by atoms with van der Waals surface area (Å²) in [5, 5.41) is 6.95. The number of pyridine rings is 1. The summed E-state index contributed by atoms with van der Waals surface area (Å²) in [5.74, 6) is -0.409. The number of benzene rings is 2. The van der Waals surface area contributed by atoms with Crippen molar-refractivity contribution in [2.24, 2.45) is 0 Å². The highest BCUT2D eigenvalue weighted by atomic mass is 19.1. The largest absolute Gasteiger partial charge is 0.355 e. The summed E-state index contributed by atoms with van der Waals surface area (Å²) in [6.07, 6.45) is 2.03. The minimum Gasteiger partial charge on any atom is -0.355 e.